The lowest BCUT2D eigenvalue weighted by Crippen LogP contribution is -2.50. The van der Waals surface area contributed by atoms with Gasteiger partial charge in [0.05, 0.1) is 6.54 Å². The highest BCUT2D eigenvalue weighted by molar-refractivity contribution is 5.95. The third-order valence-corrected chi connectivity index (χ3v) is 7.20. The smallest absolute Gasteiger partial charge is 0.253 e. The van der Waals surface area contributed by atoms with Crippen LogP contribution < -0.4 is 4.90 Å². The maximum Gasteiger partial charge on any atom is 0.253 e. The molecule has 0 spiro atoms. The van der Waals surface area contributed by atoms with Gasteiger partial charge in [-0.15, -0.1) is 0 Å². The van der Waals surface area contributed by atoms with Crippen LogP contribution >= 0.6 is 0 Å². The van der Waals surface area contributed by atoms with Crippen LogP contribution in [0, 0.1) is 0 Å². The van der Waals surface area contributed by atoms with Crippen molar-refractivity contribution in [2.24, 2.45) is 0 Å². The van der Waals surface area contributed by atoms with Gasteiger partial charge in [-0.1, -0.05) is 67.9 Å². The number of unbranched alkanes of at least 4 members (excludes halogenated alkanes) is 1. The van der Waals surface area contributed by atoms with Crippen LogP contribution in [0.3, 0.4) is 0 Å². The molecular formula is C32H39N3O2. The Bertz CT molecular complexity index is 1150. The van der Waals surface area contributed by atoms with E-state index in [0.29, 0.717) is 19.0 Å². The minimum Gasteiger partial charge on any atom is -0.336 e. The van der Waals surface area contributed by atoms with E-state index in [-0.39, 0.29) is 11.8 Å². The molecule has 1 heterocycles. The van der Waals surface area contributed by atoms with Crippen LogP contribution in [0.1, 0.15) is 56.0 Å². The quantitative estimate of drug-likeness (QED) is 0.351. The molecular weight excluding hydrogens is 458 g/mol. The maximum atomic E-state index is 13.0. The summed E-state index contributed by atoms with van der Waals surface area (Å²) in [4.78, 5) is 32.2. The van der Waals surface area contributed by atoms with Gasteiger partial charge in [-0.2, -0.15) is 0 Å². The van der Waals surface area contributed by atoms with Crippen LogP contribution in [0.4, 0.5) is 5.69 Å². The summed E-state index contributed by atoms with van der Waals surface area (Å²) >= 11 is 0. The first kappa shape index (κ1) is 26.6. The number of anilines is 1. The Balaban J connectivity index is 1.41. The molecule has 3 aromatic carbocycles. The predicted molar refractivity (Wildman–Crippen MR) is 152 cm³/mol. The van der Waals surface area contributed by atoms with Gasteiger partial charge in [0.15, 0.2) is 0 Å². The number of benzene rings is 3. The van der Waals surface area contributed by atoms with E-state index in [4.69, 9.17) is 0 Å². The van der Waals surface area contributed by atoms with E-state index >= 15 is 0 Å². The Hall–Kier alpha value is -3.44. The molecule has 0 bridgehead atoms. The van der Waals surface area contributed by atoms with E-state index < -0.39 is 0 Å². The van der Waals surface area contributed by atoms with Crippen LogP contribution in [0.15, 0.2) is 78.9 Å². The minimum absolute atomic E-state index is 0.110. The molecule has 1 aliphatic heterocycles. The van der Waals surface area contributed by atoms with Crippen LogP contribution in [0.2, 0.25) is 0 Å². The number of carbonyl (C=O) groups excluding carboxylic acids is 2. The van der Waals surface area contributed by atoms with E-state index in [9.17, 15) is 9.59 Å². The molecule has 0 N–H and O–H groups in total. The van der Waals surface area contributed by atoms with Gasteiger partial charge in [0, 0.05) is 49.9 Å². The van der Waals surface area contributed by atoms with Gasteiger partial charge in [-0.05, 0) is 61.2 Å². The maximum absolute atomic E-state index is 13.0. The largest absolute Gasteiger partial charge is 0.336 e. The van der Waals surface area contributed by atoms with Crippen molar-refractivity contribution in [2.45, 2.75) is 52.6 Å². The topological polar surface area (TPSA) is 43.9 Å². The molecule has 1 fully saturated rings. The van der Waals surface area contributed by atoms with Crippen LogP contribution in [-0.4, -0.2) is 53.8 Å². The monoisotopic (exact) mass is 497 g/mol. The van der Waals surface area contributed by atoms with Gasteiger partial charge in [0.25, 0.3) is 5.91 Å². The van der Waals surface area contributed by atoms with Crippen molar-refractivity contribution in [1.82, 2.24) is 9.80 Å². The summed E-state index contributed by atoms with van der Waals surface area (Å²) in [6.07, 6.45) is 2.46. The molecule has 0 aromatic heterocycles. The van der Waals surface area contributed by atoms with E-state index in [1.807, 2.05) is 64.4 Å². The fourth-order valence-corrected chi connectivity index (χ4v) is 4.81. The van der Waals surface area contributed by atoms with Crippen molar-refractivity contribution in [3.8, 4) is 11.1 Å². The molecule has 2 amide bonds. The Labute approximate surface area is 221 Å². The Kier molecular flexibility index (Phi) is 9.13. The predicted octanol–water partition coefficient (Wildman–Crippen LogP) is 6.24. The van der Waals surface area contributed by atoms with Gasteiger partial charge in [-0.3, -0.25) is 14.5 Å². The first-order chi connectivity index (χ1) is 18.0. The van der Waals surface area contributed by atoms with Crippen LogP contribution in [-0.2, 0) is 11.3 Å². The van der Waals surface area contributed by atoms with Gasteiger partial charge in [0.1, 0.15) is 0 Å². The van der Waals surface area contributed by atoms with Crippen molar-refractivity contribution in [1.29, 1.82) is 0 Å². The number of carbonyl (C=O) groups is 2. The second-order valence-electron chi connectivity index (χ2n) is 10.1. The molecule has 0 saturated carbocycles. The number of nitrogens with zero attached hydrogens (tertiary/aromatic N) is 3. The standard InChI is InChI=1S/C32H39N3O2/c1-4-5-11-31(36)35(30-9-7-6-8-10-30)24-26-12-14-27(15-13-26)28-16-18-29(19-17-28)32(37)34-22-20-33(21-23-34)25(2)3/h6-10,12-19,25H,4-5,11,20-24H2,1-3H3. The second kappa shape index (κ2) is 12.7. The lowest BCUT2D eigenvalue weighted by atomic mass is 10.0. The number of para-hydroxylation sites is 1. The van der Waals surface area contributed by atoms with E-state index in [1.54, 1.807) is 0 Å². The molecule has 1 aliphatic rings. The van der Waals surface area contributed by atoms with Gasteiger partial charge >= 0.3 is 0 Å². The molecule has 3 aromatic rings. The summed E-state index contributed by atoms with van der Waals surface area (Å²) in [6.45, 7) is 10.5. The highest BCUT2D eigenvalue weighted by atomic mass is 16.2. The number of hydrogen-bond acceptors (Lipinski definition) is 3. The number of hydrogen-bond donors (Lipinski definition) is 0. The summed E-state index contributed by atoms with van der Waals surface area (Å²) in [5.41, 5.74) is 4.93. The molecule has 1 saturated heterocycles. The fourth-order valence-electron chi connectivity index (χ4n) is 4.81. The van der Waals surface area contributed by atoms with E-state index in [0.717, 1.165) is 67.0 Å². The summed E-state index contributed by atoms with van der Waals surface area (Å²) < 4.78 is 0. The lowest BCUT2D eigenvalue weighted by molar-refractivity contribution is -0.118. The average Bonchev–Trinajstić information content (AvgIpc) is 2.95. The second-order valence-corrected chi connectivity index (χ2v) is 10.1. The summed E-state index contributed by atoms with van der Waals surface area (Å²) in [7, 11) is 0. The first-order valence-electron chi connectivity index (χ1n) is 13.5. The molecule has 194 valence electrons. The zero-order valence-electron chi connectivity index (χ0n) is 22.4. The third-order valence-electron chi connectivity index (χ3n) is 7.20. The van der Waals surface area contributed by atoms with Crippen molar-refractivity contribution >= 4 is 17.5 Å². The van der Waals surface area contributed by atoms with Crippen molar-refractivity contribution < 1.29 is 9.59 Å². The molecule has 37 heavy (non-hydrogen) atoms. The molecule has 0 aliphatic carbocycles. The summed E-state index contributed by atoms with van der Waals surface area (Å²) in [6, 6.07) is 26.7. The number of rotatable bonds is 9. The summed E-state index contributed by atoms with van der Waals surface area (Å²) in [5.74, 6) is 0.266. The first-order valence-corrected chi connectivity index (χ1v) is 13.5. The zero-order valence-corrected chi connectivity index (χ0v) is 22.4. The van der Waals surface area contributed by atoms with Gasteiger partial charge < -0.3 is 9.80 Å². The number of amides is 2. The van der Waals surface area contributed by atoms with Gasteiger partial charge in [-0.25, -0.2) is 0 Å². The molecule has 5 heteroatoms. The average molecular weight is 498 g/mol. The fraction of sp³-hybridized carbons (Fsp3) is 0.375. The molecule has 4 rings (SSSR count). The van der Waals surface area contributed by atoms with Crippen LogP contribution in [0.5, 0.6) is 0 Å². The van der Waals surface area contributed by atoms with Crippen molar-refractivity contribution in [3.05, 3.63) is 90.0 Å². The van der Waals surface area contributed by atoms with Crippen molar-refractivity contribution in [2.75, 3.05) is 31.1 Å². The molecule has 0 radical (unpaired) electrons. The Morgan fingerprint density at radius 1 is 0.811 bits per heavy atom. The number of piperazine rings is 1. The molecule has 0 unspecified atom stereocenters. The third kappa shape index (κ3) is 6.86. The Morgan fingerprint density at radius 2 is 1.41 bits per heavy atom. The van der Waals surface area contributed by atoms with Crippen LogP contribution in [0.25, 0.3) is 11.1 Å². The summed E-state index contributed by atoms with van der Waals surface area (Å²) in [5, 5.41) is 0. The Morgan fingerprint density at radius 3 is 1.97 bits per heavy atom. The normalized spacial score (nSPS) is 14.1. The van der Waals surface area contributed by atoms with Crippen molar-refractivity contribution in [3.63, 3.8) is 0 Å². The van der Waals surface area contributed by atoms with E-state index in [1.165, 1.54) is 0 Å². The SMILES string of the molecule is CCCCC(=O)N(Cc1ccc(-c2ccc(C(=O)N3CCN(C(C)C)CC3)cc2)cc1)c1ccccc1. The van der Waals surface area contributed by atoms with E-state index in [2.05, 4.69) is 49.9 Å². The molecule has 0 atom stereocenters. The highest BCUT2D eigenvalue weighted by Gasteiger charge is 2.23. The minimum atomic E-state index is 0.110. The highest BCUT2D eigenvalue weighted by Crippen LogP contribution is 2.24. The lowest BCUT2D eigenvalue weighted by Gasteiger charge is -2.37. The zero-order chi connectivity index (χ0) is 26.2. The molecule has 5 nitrogen and oxygen atoms in total. The van der Waals surface area contributed by atoms with Gasteiger partial charge in [0.2, 0.25) is 5.91 Å².